The number of likely N-dealkylation sites (tertiary alicyclic amines) is 1. The number of hydrogen-bond donors (Lipinski definition) is 2. The van der Waals surface area contributed by atoms with Crippen LogP contribution in [0.15, 0.2) is 18.2 Å². The Kier molecular flexibility index (Phi) is 5.20. The van der Waals surface area contributed by atoms with E-state index >= 15 is 0 Å². The molecule has 1 aliphatic rings. The molecule has 2 amide bonds. The Morgan fingerprint density at radius 3 is 2.95 bits per heavy atom. The van der Waals surface area contributed by atoms with Gasteiger partial charge in [0.05, 0.1) is 18.8 Å². The van der Waals surface area contributed by atoms with E-state index in [1.165, 1.54) is 0 Å². The molecule has 0 atom stereocenters. The molecule has 1 saturated heterocycles. The number of nitrogens with two attached hydrogens (primary N) is 1. The molecule has 0 bridgehead atoms. The second kappa shape index (κ2) is 7.11. The van der Waals surface area contributed by atoms with Crippen LogP contribution < -0.4 is 11.1 Å². The SMILES string of the molecule is NCC#Cc1ccc(Cl)cc1NC(=O)CN1CCCC1=O. The van der Waals surface area contributed by atoms with Crippen LogP contribution in [0, 0.1) is 11.8 Å². The Morgan fingerprint density at radius 2 is 2.29 bits per heavy atom. The maximum absolute atomic E-state index is 12.0. The predicted octanol–water partition coefficient (Wildman–Crippen LogP) is 1.21. The van der Waals surface area contributed by atoms with Crippen LogP contribution in [0.1, 0.15) is 18.4 Å². The van der Waals surface area contributed by atoms with Crippen molar-refractivity contribution >= 4 is 29.1 Å². The molecule has 1 aliphatic heterocycles. The highest BCUT2D eigenvalue weighted by atomic mass is 35.5. The number of rotatable bonds is 3. The largest absolute Gasteiger partial charge is 0.333 e. The summed E-state index contributed by atoms with van der Waals surface area (Å²) in [6, 6.07) is 5.05. The predicted molar refractivity (Wildman–Crippen MR) is 81.8 cm³/mol. The van der Waals surface area contributed by atoms with Crippen molar-refractivity contribution in [1.82, 2.24) is 4.90 Å². The van der Waals surface area contributed by atoms with Crippen molar-refractivity contribution in [2.24, 2.45) is 5.73 Å². The zero-order chi connectivity index (χ0) is 15.2. The Labute approximate surface area is 128 Å². The molecule has 1 fully saturated rings. The third-order valence-corrected chi connectivity index (χ3v) is 3.32. The molecule has 5 nitrogen and oxygen atoms in total. The highest BCUT2D eigenvalue weighted by Crippen LogP contribution is 2.20. The minimum Gasteiger partial charge on any atom is -0.333 e. The number of hydrogen-bond acceptors (Lipinski definition) is 3. The maximum atomic E-state index is 12.0. The average molecular weight is 306 g/mol. The highest BCUT2D eigenvalue weighted by Gasteiger charge is 2.22. The number of nitrogens with zero attached hydrogens (tertiary/aromatic N) is 1. The first-order valence-corrected chi connectivity index (χ1v) is 7.04. The highest BCUT2D eigenvalue weighted by molar-refractivity contribution is 6.31. The minimum atomic E-state index is -0.261. The minimum absolute atomic E-state index is 0.0133. The molecule has 1 heterocycles. The van der Waals surface area contributed by atoms with Gasteiger partial charge in [-0.2, -0.15) is 0 Å². The molecule has 0 saturated carbocycles. The van der Waals surface area contributed by atoms with Gasteiger partial charge in [-0.25, -0.2) is 0 Å². The number of carbonyl (C=O) groups is 2. The zero-order valence-electron chi connectivity index (χ0n) is 11.5. The van der Waals surface area contributed by atoms with Gasteiger partial charge in [0.1, 0.15) is 0 Å². The number of anilines is 1. The quantitative estimate of drug-likeness (QED) is 0.824. The Bertz CT molecular complexity index is 619. The fraction of sp³-hybridized carbons (Fsp3) is 0.333. The molecular weight excluding hydrogens is 290 g/mol. The summed E-state index contributed by atoms with van der Waals surface area (Å²) in [7, 11) is 0. The van der Waals surface area contributed by atoms with Gasteiger partial charge in [0.25, 0.3) is 0 Å². The monoisotopic (exact) mass is 305 g/mol. The van der Waals surface area contributed by atoms with Crippen molar-refractivity contribution < 1.29 is 9.59 Å². The fourth-order valence-corrected chi connectivity index (χ4v) is 2.28. The van der Waals surface area contributed by atoms with Crippen LogP contribution in [-0.4, -0.2) is 36.3 Å². The lowest BCUT2D eigenvalue weighted by Gasteiger charge is -2.15. The zero-order valence-corrected chi connectivity index (χ0v) is 12.2. The van der Waals surface area contributed by atoms with E-state index in [1.807, 2.05) is 0 Å². The van der Waals surface area contributed by atoms with E-state index in [0.29, 0.717) is 29.2 Å². The van der Waals surface area contributed by atoms with Crippen LogP contribution in [0.4, 0.5) is 5.69 Å². The molecule has 0 spiro atoms. The van der Waals surface area contributed by atoms with Crippen LogP contribution in [0.25, 0.3) is 0 Å². The Balaban J connectivity index is 2.09. The van der Waals surface area contributed by atoms with Gasteiger partial charge in [0.2, 0.25) is 11.8 Å². The van der Waals surface area contributed by atoms with Gasteiger partial charge in [-0.15, -0.1) is 0 Å². The van der Waals surface area contributed by atoms with E-state index in [2.05, 4.69) is 17.2 Å². The van der Waals surface area contributed by atoms with Crippen molar-refractivity contribution in [3.63, 3.8) is 0 Å². The van der Waals surface area contributed by atoms with Crippen molar-refractivity contribution in [3.05, 3.63) is 28.8 Å². The molecule has 1 aromatic carbocycles. The third kappa shape index (κ3) is 4.22. The molecule has 110 valence electrons. The Morgan fingerprint density at radius 1 is 1.48 bits per heavy atom. The molecule has 2 rings (SSSR count). The smallest absolute Gasteiger partial charge is 0.244 e. The van der Waals surface area contributed by atoms with Crippen molar-refractivity contribution in [2.75, 3.05) is 25.0 Å². The average Bonchev–Trinajstić information content (AvgIpc) is 2.83. The second-order valence-corrected chi connectivity index (χ2v) is 5.10. The van der Waals surface area contributed by atoms with Crippen LogP contribution in [-0.2, 0) is 9.59 Å². The summed E-state index contributed by atoms with van der Waals surface area (Å²) >= 11 is 5.94. The first kappa shape index (κ1) is 15.4. The van der Waals surface area contributed by atoms with E-state index in [-0.39, 0.29) is 24.9 Å². The van der Waals surface area contributed by atoms with Crippen LogP contribution in [0.2, 0.25) is 5.02 Å². The number of nitrogens with one attached hydrogen (secondary N) is 1. The summed E-state index contributed by atoms with van der Waals surface area (Å²) in [6.07, 6.45) is 1.31. The van der Waals surface area contributed by atoms with E-state index in [1.54, 1.807) is 23.1 Å². The second-order valence-electron chi connectivity index (χ2n) is 4.66. The summed E-state index contributed by atoms with van der Waals surface area (Å²) in [5.74, 6) is 5.37. The van der Waals surface area contributed by atoms with Gasteiger partial charge in [0.15, 0.2) is 0 Å². The van der Waals surface area contributed by atoms with E-state index < -0.39 is 0 Å². The maximum Gasteiger partial charge on any atom is 0.244 e. The van der Waals surface area contributed by atoms with Crippen LogP contribution in [0.3, 0.4) is 0 Å². The van der Waals surface area contributed by atoms with Gasteiger partial charge in [0, 0.05) is 23.6 Å². The molecule has 1 aromatic rings. The standard InChI is InChI=1S/C15H16ClN3O2/c16-12-6-5-11(3-1-7-17)13(9-12)18-14(20)10-19-8-2-4-15(19)21/h5-6,9H,2,4,7-8,10,17H2,(H,18,20). The van der Waals surface area contributed by atoms with Gasteiger partial charge in [-0.05, 0) is 24.6 Å². The number of halogens is 1. The molecule has 0 unspecified atom stereocenters. The summed E-state index contributed by atoms with van der Waals surface area (Å²) < 4.78 is 0. The number of amides is 2. The lowest BCUT2D eigenvalue weighted by molar-refractivity contribution is -0.131. The molecule has 6 heteroatoms. The van der Waals surface area contributed by atoms with Gasteiger partial charge in [-0.1, -0.05) is 23.4 Å². The number of carbonyl (C=O) groups excluding carboxylic acids is 2. The molecule has 0 radical (unpaired) electrons. The van der Waals surface area contributed by atoms with Crippen molar-refractivity contribution in [2.45, 2.75) is 12.8 Å². The summed E-state index contributed by atoms with van der Waals surface area (Å²) in [5, 5.41) is 3.25. The topological polar surface area (TPSA) is 75.4 Å². The fourth-order valence-electron chi connectivity index (χ4n) is 2.11. The summed E-state index contributed by atoms with van der Waals surface area (Å²) in [6.45, 7) is 0.912. The lowest BCUT2D eigenvalue weighted by Crippen LogP contribution is -2.34. The van der Waals surface area contributed by atoms with Crippen LogP contribution in [0.5, 0.6) is 0 Å². The van der Waals surface area contributed by atoms with E-state index in [9.17, 15) is 9.59 Å². The third-order valence-electron chi connectivity index (χ3n) is 3.09. The molecule has 0 aliphatic carbocycles. The normalized spacial score (nSPS) is 13.8. The molecule has 21 heavy (non-hydrogen) atoms. The van der Waals surface area contributed by atoms with Crippen molar-refractivity contribution in [1.29, 1.82) is 0 Å². The summed E-state index contributed by atoms with van der Waals surface area (Å²) in [4.78, 5) is 25.1. The molecule has 3 N–H and O–H groups in total. The lowest BCUT2D eigenvalue weighted by atomic mass is 10.2. The van der Waals surface area contributed by atoms with Gasteiger partial charge < -0.3 is 16.0 Å². The first-order valence-electron chi connectivity index (χ1n) is 6.66. The van der Waals surface area contributed by atoms with E-state index in [4.69, 9.17) is 17.3 Å². The van der Waals surface area contributed by atoms with Gasteiger partial charge in [-0.3, -0.25) is 9.59 Å². The first-order chi connectivity index (χ1) is 10.1. The molecule has 0 aromatic heterocycles. The Hall–Kier alpha value is -2.03. The number of benzene rings is 1. The molecular formula is C15H16ClN3O2. The van der Waals surface area contributed by atoms with Crippen LogP contribution >= 0.6 is 11.6 Å². The van der Waals surface area contributed by atoms with Gasteiger partial charge >= 0.3 is 0 Å². The summed E-state index contributed by atoms with van der Waals surface area (Å²) in [5.41, 5.74) is 6.52. The van der Waals surface area contributed by atoms with E-state index in [0.717, 1.165) is 6.42 Å². The van der Waals surface area contributed by atoms with Crippen molar-refractivity contribution in [3.8, 4) is 11.8 Å².